The van der Waals surface area contributed by atoms with Gasteiger partial charge in [-0.05, 0) is 31.5 Å². The summed E-state index contributed by atoms with van der Waals surface area (Å²) < 4.78 is 15.5. The van der Waals surface area contributed by atoms with Gasteiger partial charge >= 0.3 is 0 Å². The minimum Gasteiger partial charge on any atom is -0.293 e. The minimum absolute atomic E-state index is 0.0847. The fourth-order valence-electron chi connectivity index (χ4n) is 2.62. The lowest BCUT2D eigenvalue weighted by atomic mass is 10.1. The van der Waals surface area contributed by atoms with Gasteiger partial charge in [0.25, 0.3) is 0 Å². The standard InChI is InChI=1S/C17H13FN4OS2/c1-9-10(2)25-16-14(9)15-20-21-17(22(15)8-19-16)24-7-13(23)11-5-3-4-6-12(11)18/h3-6,8H,7H2,1-2H3. The molecule has 0 amide bonds. The molecule has 5 nitrogen and oxygen atoms in total. The lowest BCUT2D eigenvalue weighted by Gasteiger charge is -2.02. The van der Waals surface area contributed by atoms with Crippen LogP contribution in [0.1, 0.15) is 20.8 Å². The number of aryl methyl sites for hydroxylation is 2. The van der Waals surface area contributed by atoms with Crippen LogP contribution in [0.25, 0.3) is 15.9 Å². The van der Waals surface area contributed by atoms with Gasteiger partial charge in [0.05, 0.1) is 16.7 Å². The number of rotatable bonds is 4. The zero-order valence-electron chi connectivity index (χ0n) is 13.5. The van der Waals surface area contributed by atoms with Crippen LogP contribution in [0.2, 0.25) is 0 Å². The van der Waals surface area contributed by atoms with Crippen LogP contribution < -0.4 is 0 Å². The van der Waals surface area contributed by atoms with E-state index in [2.05, 4.69) is 22.1 Å². The van der Waals surface area contributed by atoms with Crippen molar-refractivity contribution in [2.75, 3.05) is 5.75 Å². The summed E-state index contributed by atoms with van der Waals surface area (Å²) in [5.41, 5.74) is 1.96. The van der Waals surface area contributed by atoms with E-state index in [1.807, 2.05) is 6.92 Å². The van der Waals surface area contributed by atoms with Gasteiger partial charge in [-0.2, -0.15) is 0 Å². The van der Waals surface area contributed by atoms with Crippen molar-refractivity contribution in [3.05, 3.63) is 52.4 Å². The number of hydrogen-bond donors (Lipinski definition) is 0. The van der Waals surface area contributed by atoms with Crippen LogP contribution in [0.4, 0.5) is 4.39 Å². The van der Waals surface area contributed by atoms with Gasteiger partial charge in [-0.3, -0.25) is 9.20 Å². The van der Waals surface area contributed by atoms with Crippen molar-refractivity contribution in [3.63, 3.8) is 0 Å². The van der Waals surface area contributed by atoms with Crippen molar-refractivity contribution in [1.82, 2.24) is 19.6 Å². The average Bonchev–Trinajstić information content (AvgIpc) is 3.14. The second-order valence-electron chi connectivity index (χ2n) is 5.58. The smallest absolute Gasteiger partial charge is 0.197 e. The SMILES string of the molecule is Cc1sc2ncn3c(SCC(=O)c4ccccc4F)nnc3c2c1C. The van der Waals surface area contributed by atoms with Crippen molar-refractivity contribution in [1.29, 1.82) is 0 Å². The Morgan fingerprint density at radius 3 is 2.88 bits per heavy atom. The number of thioether (sulfide) groups is 1. The predicted molar refractivity (Wildman–Crippen MR) is 97.1 cm³/mol. The Labute approximate surface area is 150 Å². The minimum atomic E-state index is -0.507. The van der Waals surface area contributed by atoms with Gasteiger partial charge in [0.15, 0.2) is 16.6 Å². The second-order valence-corrected chi connectivity index (χ2v) is 7.72. The Balaban J connectivity index is 1.65. The molecule has 3 aromatic heterocycles. The number of aromatic nitrogens is 4. The summed E-state index contributed by atoms with van der Waals surface area (Å²) in [5.74, 6) is -0.704. The molecule has 0 fully saturated rings. The van der Waals surface area contributed by atoms with Crippen molar-refractivity contribution in [2.24, 2.45) is 0 Å². The molecule has 0 radical (unpaired) electrons. The first kappa shape index (κ1) is 16.2. The van der Waals surface area contributed by atoms with Crippen molar-refractivity contribution in [3.8, 4) is 0 Å². The van der Waals surface area contributed by atoms with E-state index in [9.17, 15) is 9.18 Å². The monoisotopic (exact) mass is 372 g/mol. The van der Waals surface area contributed by atoms with Gasteiger partial charge in [-0.25, -0.2) is 9.37 Å². The highest BCUT2D eigenvalue weighted by atomic mass is 32.2. The molecule has 3 heterocycles. The van der Waals surface area contributed by atoms with Crippen LogP contribution in [0.5, 0.6) is 0 Å². The number of carbonyl (C=O) groups excluding carboxylic acids is 1. The molecule has 0 aliphatic carbocycles. The summed E-state index contributed by atoms with van der Waals surface area (Å²) in [6.45, 7) is 4.09. The normalized spacial score (nSPS) is 11.5. The molecule has 4 aromatic rings. The van der Waals surface area contributed by atoms with Crippen LogP contribution in [-0.2, 0) is 0 Å². The zero-order valence-corrected chi connectivity index (χ0v) is 15.1. The van der Waals surface area contributed by atoms with E-state index >= 15 is 0 Å². The fourth-order valence-corrected chi connectivity index (χ4v) is 4.40. The second kappa shape index (κ2) is 6.20. The van der Waals surface area contributed by atoms with Gasteiger partial charge in [-0.15, -0.1) is 21.5 Å². The van der Waals surface area contributed by atoms with Crippen LogP contribution in [0, 0.1) is 19.7 Å². The van der Waals surface area contributed by atoms with Crippen LogP contribution >= 0.6 is 23.1 Å². The molecule has 0 saturated heterocycles. The summed E-state index contributed by atoms with van der Waals surface area (Å²) in [6.07, 6.45) is 1.67. The molecule has 8 heteroatoms. The molecule has 0 spiro atoms. The number of hydrogen-bond acceptors (Lipinski definition) is 6. The molecule has 0 N–H and O–H groups in total. The van der Waals surface area contributed by atoms with E-state index in [0.717, 1.165) is 21.4 Å². The van der Waals surface area contributed by atoms with E-state index in [-0.39, 0.29) is 17.1 Å². The third-order valence-corrected chi connectivity index (χ3v) is 6.11. The molecule has 0 aliphatic heterocycles. The highest BCUT2D eigenvalue weighted by Crippen LogP contribution is 2.32. The van der Waals surface area contributed by atoms with E-state index in [1.165, 1.54) is 28.8 Å². The number of halogens is 1. The number of carbonyl (C=O) groups is 1. The average molecular weight is 372 g/mol. The summed E-state index contributed by atoms with van der Waals surface area (Å²) in [6, 6.07) is 5.98. The maximum absolute atomic E-state index is 13.7. The topological polar surface area (TPSA) is 60.2 Å². The van der Waals surface area contributed by atoms with Gasteiger partial charge in [0, 0.05) is 4.88 Å². The molecule has 0 saturated carbocycles. The predicted octanol–water partition coefficient (Wildman–Crippen LogP) is 4.07. The largest absolute Gasteiger partial charge is 0.293 e. The molecular weight excluding hydrogens is 359 g/mol. The number of nitrogens with zero attached hydrogens (tertiary/aromatic N) is 4. The maximum atomic E-state index is 13.7. The number of Topliss-reactive ketones (excluding diaryl/α,β-unsaturated/α-hetero) is 1. The maximum Gasteiger partial charge on any atom is 0.197 e. The molecule has 0 aliphatic rings. The highest BCUT2D eigenvalue weighted by molar-refractivity contribution is 7.99. The number of thiophene rings is 1. The number of ketones is 1. The molecular formula is C17H13FN4OS2. The molecule has 4 rings (SSSR count). The van der Waals surface area contributed by atoms with E-state index in [0.29, 0.717) is 5.16 Å². The molecule has 25 heavy (non-hydrogen) atoms. The Morgan fingerprint density at radius 2 is 2.08 bits per heavy atom. The third-order valence-electron chi connectivity index (χ3n) is 4.05. The third kappa shape index (κ3) is 2.71. The quantitative estimate of drug-likeness (QED) is 0.399. The first-order valence-electron chi connectivity index (χ1n) is 7.56. The van der Waals surface area contributed by atoms with Gasteiger partial charge < -0.3 is 0 Å². The molecule has 0 atom stereocenters. The summed E-state index contributed by atoms with van der Waals surface area (Å²) in [7, 11) is 0. The first-order valence-corrected chi connectivity index (χ1v) is 9.36. The lowest BCUT2D eigenvalue weighted by Crippen LogP contribution is -2.05. The number of benzene rings is 1. The lowest BCUT2D eigenvalue weighted by molar-refractivity contribution is 0.101. The van der Waals surface area contributed by atoms with Crippen LogP contribution in [0.15, 0.2) is 35.7 Å². The molecule has 1 aromatic carbocycles. The summed E-state index contributed by atoms with van der Waals surface area (Å²) in [4.78, 5) is 18.8. The van der Waals surface area contributed by atoms with Crippen molar-refractivity contribution >= 4 is 44.7 Å². The van der Waals surface area contributed by atoms with Crippen LogP contribution in [-0.4, -0.2) is 31.1 Å². The molecule has 0 unspecified atom stereocenters. The summed E-state index contributed by atoms with van der Waals surface area (Å²) >= 11 is 2.85. The van der Waals surface area contributed by atoms with Gasteiger partial charge in [0.1, 0.15) is 17.0 Å². The Kier molecular flexibility index (Phi) is 4.01. The number of fused-ring (bicyclic) bond motifs is 3. The molecule has 126 valence electrons. The van der Waals surface area contributed by atoms with Gasteiger partial charge in [0.2, 0.25) is 0 Å². The zero-order chi connectivity index (χ0) is 17.6. The van der Waals surface area contributed by atoms with Crippen molar-refractivity contribution < 1.29 is 9.18 Å². The van der Waals surface area contributed by atoms with Crippen molar-refractivity contribution in [2.45, 2.75) is 19.0 Å². The molecule has 0 bridgehead atoms. The van der Waals surface area contributed by atoms with Gasteiger partial charge in [-0.1, -0.05) is 23.9 Å². The van der Waals surface area contributed by atoms with E-state index in [1.54, 1.807) is 34.2 Å². The Bertz CT molecular complexity index is 1120. The Morgan fingerprint density at radius 1 is 1.28 bits per heavy atom. The highest BCUT2D eigenvalue weighted by Gasteiger charge is 2.17. The fraction of sp³-hybridized carbons (Fsp3) is 0.176. The summed E-state index contributed by atoms with van der Waals surface area (Å²) in [5, 5.41) is 10.00. The Hall–Kier alpha value is -2.32. The van der Waals surface area contributed by atoms with Crippen LogP contribution in [0.3, 0.4) is 0 Å². The first-order chi connectivity index (χ1) is 12.1. The van der Waals surface area contributed by atoms with E-state index < -0.39 is 5.82 Å². The van der Waals surface area contributed by atoms with E-state index in [4.69, 9.17) is 0 Å².